The Bertz CT molecular complexity index is 566. The first kappa shape index (κ1) is 14.7. The van der Waals surface area contributed by atoms with Gasteiger partial charge in [0, 0.05) is 10.7 Å². The number of hydrogen-bond acceptors (Lipinski definition) is 2. The Hall–Kier alpha value is -1.67. The number of anilines is 1. The van der Waals surface area contributed by atoms with Crippen LogP contribution in [-0.4, -0.2) is 12.6 Å². The molecule has 0 amide bonds. The van der Waals surface area contributed by atoms with Crippen LogP contribution in [0.1, 0.15) is 18.1 Å². The number of halogens is 1. The Morgan fingerprint density at radius 1 is 1.10 bits per heavy atom. The van der Waals surface area contributed by atoms with E-state index >= 15 is 0 Å². The van der Waals surface area contributed by atoms with Crippen molar-refractivity contribution in [2.24, 2.45) is 0 Å². The maximum absolute atomic E-state index is 6.10. The van der Waals surface area contributed by atoms with E-state index in [0.29, 0.717) is 0 Å². The van der Waals surface area contributed by atoms with Crippen molar-refractivity contribution in [3.63, 3.8) is 0 Å². The summed E-state index contributed by atoms with van der Waals surface area (Å²) in [7, 11) is 0. The minimum atomic E-state index is 0.0813. The van der Waals surface area contributed by atoms with E-state index in [1.165, 1.54) is 5.56 Å². The largest absolute Gasteiger partial charge is 0.489 e. The van der Waals surface area contributed by atoms with Crippen molar-refractivity contribution >= 4 is 17.3 Å². The highest BCUT2D eigenvalue weighted by atomic mass is 35.5. The maximum atomic E-state index is 6.10. The average molecular weight is 290 g/mol. The number of hydrogen-bond donors (Lipinski definition) is 1. The first-order chi connectivity index (χ1) is 9.54. The second kappa shape index (κ2) is 6.67. The van der Waals surface area contributed by atoms with Gasteiger partial charge >= 0.3 is 0 Å². The Balaban J connectivity index is 1.86. The fourth-order valence-electron chi connectivity index (χ4n) is 1.86. The van der Waals surface area contributed by atoms with Gasteiger partial charge in [-0.15, -0.1) is 0 Å². The molecule has 3 heteroatoms. The van der Waals surface area contributed by atoms with E-state index in [2.05, 4.69) is 24.4 Å². The summed E-state index contributed by atoms with van der Waals surface area (Å²) < 4.78 is 5.85. The SMILES string of the molecule is Cc1ccc(O[C@@H](C)CNc2ccc(C)c(Cl)c2)cc1. The summed E-state index contributed by atoms with van der Waals surface area (Å²) in [6, 6.07) is 14.1. The molecule has 0 saturated heterocycles. The van der Waals surface area contributed by atoms with Gasteiger partial charge in [0.2, 0.25) is 0 Å². The minimum absolute atomic E-state index is 0.0813. The average Bonchev–Trinajstić information content (AvgIpc) is 2.43. The van der Waals surface area contributed by atoms with Crippen LogP contribution in [0, 0.1) is 13.8 Å². The van der Waals surface area contributed by atoms with E-state index < -0.39 is 0 Å². The summed E-state index contributed by atoms with van der Waals surface area (Å²) in [5.74, 6) is 0.895. The highest BCUT2D eigenvalue weighted by Gasteiger charge is 2.04. The van der Waals surface area contributed by atoms with Gasteiger partial charge in [-0.1, -0.05) is 35.4 Å². The molecule has 0 spiro atoms. The van der Waals surface area contributed by atoms with Crippen LogP contribution in [0.15, 0.2) is 42.5 Å². The van der Waals surface area contributed by atoms with Crippen molar-refractivity contribution in [2.75, 3.05) is 11.9 Å². The number of benzene rings is 2. The van der Waals surface area contributed by atoms with E-state index in [1.807, 2.05) is 44.2 Å². The Labute approximate surface area is 125 Å². The normalized spacial score (nSPS) is 12.0. The lowest BCUT2D eigenvalue weighted by Crippen LogP contribution is -2.22. The van der Waals surface area contributed by atoms with Crippen LogP contribution in [0.3, 0.4) is 0 Å². The van der Waals surface area contributed by atoms with E-state index in [-0.39, 0.29) is 6.10 Å². The Morgan fingerprint density at radius 3 is 2.45 bits per heavy atom. The number of ether oxygens (including phenoxy) is 1. The van der Waals surface area contributed by atoms with Crippen LogP contribution < -0.4 is 10.1 Å². The molecule has 0 aliphatic heterocycles. The van der Waals surface area contributed by atoms with Gasteiger partial charge in [-0.25, -0.2) is 0 Å². The van der Waals surface area contributed by atoms with Crippen molar-refractivity contribution < 1.29 is 4.74 Å². The number of aryl methyl sites for hydroxylation is 2. The van der Waals surface area contributed by atoms with Crippen molar-refractivity contribution in [3.8, 4) is 5.75 Å². The predicted octanol–water partition coefficient (Wildman–Crippen LogP) is 4.84. The zero-order valence-electron chi connectivity index (χ0n) is 12.1. The van der Waals surface area contributed by atoms with E-state index in [4.69, 9.17) is 16.3 Å². The van der Waals surface area contributed by atoms with Gasteiger partial charge in [-0.2, -0.15) is 0 Å². The van der Waals surface area contributed by atoms with E-state index in [9.17, 15) is 0 Å². The molecular formula is C17H20ClNO. The van der Waals surface area contributed by atoms with E-state index in [1.54, 1.807) is 0 Å². The summed E-state index contributed by atoms with van der Waals surface area (Å²) in [6.45, 7) is 6.83. The monoisotopic (exact) mass is 289 g/mol. The molecule has 2 rings (SSSR count). The first-order valence-electron chi connectivity index (χ1n) is 6.78. The molecule has 0 unspecified atom stereocenters. The molecule has 2 nitrogen and oxygen atoms in total. The molecule has 1 N–H and O–H groups in total. The molecule has 0 aliphatic carbocycles. The lowest BCUT2D eigenvalue weighted by molar-refractivity contribution is 0.234. The molecule has 20 heavy (non-hydrogen) atoms. The Morgan fingerprint density at radius 2 is 1.80 bits per heavy atom. The summed E-state index contributed by atoms with van der Waals surface area (Å²) in [6.07, 6.45) is 0.0813. The standard InChI is InChI=1S/C17H20ClNO/c1-12-4-8-16(9-5-12)20-14(3)11-19-15-7-6-13(2)17(18)10-15/h4-10,14,19H,11H2,1-3H3/t14-/m0/s1. The molecule has 0 heterocycles. The third kappa shape index (κ3) is 4.17. The molecule has 0 bridgehead atoms. The van der Waals surface area contributed by atoms with Crippen LogP contribution in [-0.2, 0) is 0 Å². The molecule has 0 radical (unpaired) electrons. The van der Waals surface area contributed by atoms with Gasteiger partial charge in [0.05, 0.1) is 6.54 Å². The highest BCUT2D eigenvalue weighted by Crippen LogP contribution is 2.20. The van der Waals surface area contributed by atoms with Crippen molar-refractivity contribution in [1.82, 2.24) is 0 Å². The first-order valence-corrected chi connectivity index (χ1v) is 7.16. The molecule has 0 aromatic heterocycles. The van der Waals surface area contributed by atoms with Crippen LogP contribution in [0.5, 0.6) is 5.75 Å². The summed E-state index contributed by atoms with van der Waals surface area (Å²) >= 11 is 6.10. The maximum Gasteiger partial charge on any atom is 0.119 e. The summed E-state index contributed by atoms with van der Waals surface area (Å²) in [4.78, 5) is 0. The highest BCUT2D eigenvalue weighted by molar-refractivity contribution is 6.31. The smallest absolute Gasteiger partial charge is 0.119 e. The van der Waals surface area contributed by atoms with Gasteiger partial charge in [0.25, 0.3) is 0 Å². The van der Waals surface area contributed by atoms with Crippen molar-refractivity contribution in [1.29, 1.82) is 0 Å². The van der Waals surface area contributed by atoms with E-state index in [0.717, 1.165) is 28.6 Å². The zero-order chi connectivity index (χ0) is 14.5. The van der Waals surface area contributed by atoms with Crippen LogP contribution in [0.2, 0.25) is 5.02 Å². The topological polar surface area (TPSA) is 21.3 Å². The molecule has 0 saturated carbocycles. The minimum Gasteiger partial charge on any atom is -0.489 e. The molecular weight excluding hydrogens is 270 g/mol. The zero-order valence-corrected chi connectivity index (χ0v) is 12.9. The molecule has 0 fully saturated rings. The van der Waals surface area contributed by atoms with Crippen molar-refractivity contribution in [2.45, 2.75) is 26.9 Å². The van der Waals surface area contributed by atoms with Gasteiger partial charge in [0.15, 0.2) is 0 Å². The Kier molecular flexibility index (Phi) is 4.91. The number of rotatable bonds is 5. The van der Waals surface area contributed by atoms with Crippen LogP contribution >= 0.6 is 11.6 Å². The molecule has 106 valence electrons. The molecule has 2 aromatic carbocycles. The number of nitrogens with one attached hydrogen (secondary N) is 1. The fourth-order valence-corrected chi connectivity index (χ4v) is 2.04. The van der Waals surface area contributed by atoms with Gasteiger partial charge < -0.3 is 10.1 Å². The third-order valence-electron chi connectivity index (χ3n) is 3.12. The summed E-state index contributed by atoms with van der Waals surface area (Å²) in [5.41, 5.74) is 3.33. The van der Waals surface area contributed by atoms with Crippen LogP contribution in [0.4, 0.5) is 5.69 Å². The van der Waals surface area contributed by atoms with Gasteiger partial charge in [-0.05, 0) is 50.6 Å². The van der Waals surface area contributed by atoms with Crippen LogP contribution in [0.25, 0.3) is 0 Å². The molecule has 2 aromatic rings. The second-order valence-corrected chi connectivity index (χ2v) is 5.49. The lowest BCUT2D eigenvalue weighted by atomic mass is 10.2. The third-order valence-corrected chi connectivity index (χ3v) is 3.53. The van der Waals surface area contributed by atoms with Gasteiger partial charge in [-0.3, -0.25) is 0 Å². The van der Waals surface area contributed by atoms with Crippen molar-refractivity contribution in [3.05, 3.63) is 58.6 Å². The lowest BCUT2D eigenvalue weighted by Gasteiger charge is -2.16. The predicted molar refractivity (Wildman–Crippen MR) is 85.9 cm³/mol. The fraction of sp³-hybridized carbons (Fsp3) is 0.294. The second-order valence-electron chi connectivity index (χ2n) is 5.09. The van der Waals surface area contributed by atoms with Gasteiger partial charge in [0.1, 0.15) is 11.9 Å². The quantitative estimate of drug-likeness (QED) is 0.851. The summed E-state index contributed by atoms with van der Waals surface area (Å²) in [5, 5.41) is 4.11. The molecule has 1 atom stereocenters. The molecule has 0 aliphatic rings.